The number of fused-ring (bicyclic) bond motifs is 6. The van der Waals surface area contributed by atoms with E-state index in [4.69, 9.17) is 13.9 Å². The second-order valence-electron chi connectivity index (χ2n) is 7.05. The minimum absolute atomic E-state index is 0.0433. The molecule has 1 aromatic heterocycles. The fraction of sp³-hybridized carbons (Fsp3) is 0.0833. The molecular formula is C24H14O7. The van der Waals surface area contributed by atoms with Gasteiger partial charge in [0.25, 0.3) is 0 Å². The van der Waals surface area contributed by atoms with E-state index in [1.54, 1.807) is 48.5 Å². The van der Waals surface area contributed by atoms with Crippen LogP contribution in [0.1, 0.15) is 49.3 Å². The standard InChI is InChI=1S/C24H14O7/c1-11(25)30-22-15-10-6-5-9-14(15)21-16(18(22)24(28)29-2)17-19(26)12-7-3-4-8-13(12)20(27)23(17)31-21/h3-10H,1-2H3. The molecule has 0 radical (unpaired) electrons. The van der Waals surface area contributed by atoms with Crippen molar-refractivity contribution >= 4 is 45.2 Å². The van der Waals surface area contributed by atoms with Crippen molar-refractivity contribution in [3.63, 3.8) is 0 Å². The molecular weight excluding hydrogens is 400 g/mol. The number of hydrogen-bond acceptors (Lipinski definition) is 7. The predicted octanol–water partition coefficient (Wildman–Crippen LogP) is 4.07. The summed E-state index contributed by atoms with van der Waals surface area (Å²) < 4.78 is 16.3. The van der Waals surface area contributed by atoms with Crippen LogP contribution in [0.3, 0.4) is 0 Å². The number of esters is 2. The molecule has 0 unspecified atom stereocenters. The summed E-state index contributed by atoms with van der Waals surface area (Å²) >= 11 is 0. The number of methoxy groups -OCH3 is 1. The van der Waals surface area contributed by atoms with Crippen LogP contribution >= 0.6 is 0 Å². The lowest BCUT2D eigenvalue weighted by molar-refractivity contribution is -0.131. The Morgan fingerprint density at radius 3 is 2.13 bits per heavy atom. The van der Waals surface area contributed by atoms with Gasteiger partial charge in [0.2, 0.25) is 5.78 Å². The van der Waals surface area contributed by atoms with Gasteiger partial charge in [-0.2, -0.15) is 0 Å². The SMILES string of the molecule is COC(=O)c1c(OC(C)=O)c2ccccc2c2oc3c(c12)C(=O)c1ccccc1C3=O. The Morgan fingerprint density at radius 1 is 0.871 bits per heavy atom. The topological polar surface area (TPSA) is 99.9 Å². The first-order valence-corrected chi connectivity index (χ1v) is 9.40. The summed E-state index contributed by atoms with van der Waals surface area (Å²) in [6, 6.07) is 13.2. The van der Waals surface area contributed by atoms with Gasteiger partial charge in [-0.3, -0.25) is 14.4 Å². The van der Waals surface area contributed by atoms with Crippen LogP contribution in [0.15, 0.2) is 52.9 Å². The highest BCUT2D eigenvalue weighted by Gasteiger charge is 2.38. The van der Waals surface area contributed by atoms with E-state index in [9.17, 15) is 19.2 Å². The molecule has 1 aliphatic carbocycles. The number of carbonyl (C=O) groups is 4. The van der Waals surface area contributed by atoms with E-state index in [1.807, 2.05) is 0 Å². The van der Waals surface area contributed by atoms with E-state index in [1.165, 1.54) is 14.0 Å². The van der Waals surface area contributed by atoms with Crippen molar-refractivity contribution in [2.45, 2.75) is 6.92 Å². The van der Waals surface area contributed by atoms with E-state index in [0.29, 0.717) is 10.8 Å². The zero-order chi connectivity index (χ0) is 21.9. The highest BCUT2D eigenvalue weighted by Crippen LogP contribution is 2.45. The third-order valence-corrected chi connectivity index (χ3v) is 5.29. The fourth-order valence-electron chi connectivity index (χ4n) is 4.05. The number of hydrogen-bond donors (Lipinski definition) is 0. The molecule has 1 heterocycles. The van der Waals surface area contributed by atoms with Crippen LogP contribution in [-0.2, 0) is 9.53 Å². The van der Waals surface area contributed by atoms with Crippen LogP contribution in [0, 0.1) is 0 Å². The Kier molecular flexibility index (Phi) is 4.01. The van der Waals surface area contributed by atoms with Gasteiger partial charge in [-0.15, -0.1) is 0 Å². The van der Waals surface area contributed by atoms with Gasteiger partial charge < -0.3 is 13.9 Å². The molecule has 152 valence electrons. The summed E-state index contributed by atoms with van der Waals surface area (Å²) in [6.07, 6.45) is 0. The normalized spacial score (nSPS) is 12.6. The molecule has 0 atom stereocenters. The van der Waals surface area contributed by atoms with E-state index >= 15 is 0 Å². The molecule has 0 saturated carbocycles. The Hall–Kier alpha value is -4.26. The zero-order valence-electron chi connectivity index (χ0n) is 16.5. The molecule has 7 heteroatoms. The number of rotatable bonds is 2. The monoisotopic (exact) mass is 414 g/mol. The van der Waals surface area contributed by atoms with E-state index in [-0.39, 0.29) is 44.7 Å². The number of carbonyl (C=O) groups excluding carboxylic acids is 4. The molecule has 5 rings (SSSR count). The molecule has 31 heavy (non-hydrogen) atoms. The third-order valence-electron chi connectivity index (χ3n) is 5.29. The van der Waals surface area contributed by atoms with Gasteiger partial charge in [-0.25, -0.2) is 4.79 Å². The Bertz CT molecular complexity index is 1470. The highest BCUT2D eigenvalue weighted by atomic mass is 16.5. The first kappa shape index (κ1) is 18.7. The van der Waals surface area contributed by atoms with Crippen LogP contribution in [0.25, 0.3) is 21.7 Å². The number of ether oxygens (including phenoxy) is 2. The average Bonchev–Trinajstić information content (AvgIpc) is 3.18. The molecule has 0 bridgehead atoms. The largest absolute Gasteiger partial charge is 0.465 e. The second-order valence-corrected chi connectivity index (χ2v) is 7.05. The molecule has 0 amide bonds. The molecule has 4 aromatic rings. The van der Waals surface area contributed by atoms with Gasteiger partial charge >= 0.3 is 11.9 Å². The summed E-state index contributed by atoms with van der Waals surface area (Å²) in [6.45, 7) is 1.20. The summed E-state index contributed by atoms with van der Waals surface area (Å²) in [4.78, 5) is 51.2. The average molecular weight is 414 g/mol. The molecule has 0 aliphatic heterocycles. The van der Waals surface area contributed by atoms with Gasteiger partial charge in [-0.1, -0.05) is 48.5 Å². The summed E-state index contributed by atoms with van der Waals surface area (Å²) in [5.74, 6) is -2.61. The van der Waals surface area contributed by atoms with E-state index < -0.39 is 23.5 Å². The van der Waals surface area contributed by atoms with Gasteiger partial charge in [-0.05, 0) is 0 Å². The maximum Gasteiger partial charge on any atom is 0.342 e. The summed E-state index contributed by atoms with van der Waals surface area (Å²) in [7, 11) is 1.18. The smallest absolute Gasteiger partial charge is 0.342 e. The summed E-state index contributed by atoms with van der Waals surface area (Å²) in [5, 5.41) is 0.985. The van der Waals surface area contributed by atoms with E-state index in [0.717, 1.165) is 0 Å². The lowest BCUT2D eigenvalue weighted by atomic mass is 9.85. The Morgan fingerprint density at radius 2 is 1.48 bits per heavy atom. The van der Waals surface area contributed by atoms with Crippen molar-refractivity contribution in [1.82, 2.24) is 0 Å². The van der Waals surface area contributed by atoms with Gasteiger partial charge in [0.15, 0.2) is 17.3 Å². The maximum absolute atomic E-state index is 13.4. The van der Waals surface area contributed by atoms with Gasteiger partial charge in [0.05, 0.1) is 18.1 Å². The van der Waals surface area contributed by atoms with Crippen LogP contribution in [0.5, 0.6) is 5.75 Å². The fourth-order valence-corrected chi connectivity index (χ4v) is 4.05. The molecule has 3 aromatic carbocycles. The molecule has 0 spiro atoms. The van der Waals surface area contributed by atoms with Gasteiger partial charge in [0.1, 0.15) is 11.1 Å². The van der Waals surface area contributed by atoms with Crippen molar-refractivity contribution in [3.05, 3.63) is 76.5 Å². The van der Waals surface area contributed by atoms with Gasteiger partial charge in [0, 0.05) is 28.8 Å². The number of furan rings is 1. The third kappa shape index (κ3) is 2.53. The van der Waals surface area contributed by atoms with Crippen LogP contribution < -0.4 is 4.74 Å². The van der Waals surface area contributed by atoms with Crippen LogP contribution in [0.4, 0.5) is 0 Å². The quantitative estimate of drug-likeness (QED) is 0.317. The van der Waals surface area contributed by atoms with E-state index in [2.05, 4.69) is 0 Å². The maximum atomic E-state index is 13.4. The first-order chi connectivity index (χ1) is 14.9. The predicted molar refractivity (Wildman–Crippen MR) is 110 cm³/mol. The minimum atomic E-state index is -0.824. The van der Waals surface area contributed by atoms with Crippen molar-refractivity contribution in [3.8, 4) is 5.75 Å². The minimum Gasteiger partial charge on any atom is -0.465 e. The van der Waals surface area contributed by atoms with Crippen LogP contribution in [0.2, 0.25) is 0 Å². The summed E-state index contributed by atoms with van der Waals surface area (Å²) in [5.41, 5.74) is 0.422. The highest BCUT2D eigenvalue weighted by molar-refractivity contribution is 6.35. The Balaban J connectivity index is 2.01. The molecule has 0 saturated heterocycles. The molecule has 1 aliphatic rings. The first-order valence-electron chi connectivity index (χ1n) is 9.40. The molecule has 7 nitrogen and oxygen atoms in total. The molecule has 0 N–H and O–H groups in total. The van der Waals surface area contributed by atoms with Crippen LogP contribution in [-0.4, -0.2) is 30.6 Å². The lowest BCUT2D eigenvalue weighted by Gasteiger charge is -2.15. The zero-order valence-corrected chi connectivity index (χ0v) is 16.5. The number of benzene rings is 3. The Labute approximate surface area is 175 Å². The molecule has 0 fully saturated rings. The second kappa shape index (κ2) is 6.63. The lowest BCUT2D eigenvalue weighted by Crippen LogP contribution is -2.20. The van der Waals surface area contributed by atoms with Crippen molar-refractivity contribution in [2.24, 2.45) is 0 Å². The van der Waals surface area contributed by atoms with Crippen molar-refractivity contribution in [2.75, 3.05) is 7.11 Å². The van der Waals surface area contributed by atoms with Crippen molar-refractivity contribution < 1.29 is 33.1 Å². The number of ketones is 2. The van der Waals surface area contributed by atoms with Crippen molar-refractivity contribution in [1.29, 1.82) is 0 Å².